The van der Waals surface area contributed by atoms with E-state index in [1.165, 1.54) is 28.6 Å². The normalized spacial score (nSPS) is 13.9. The van der Waals surface area contributed by atoms with E-state index in [0.29, 0.717) is 5.69 Å². The minimum atomic E-state index is -3.80. The number of benzene rings is 4. The van der Waals surface area contributed by atoms with Crippen LogP contribution in [-0.4, -0.2) is 18.1 Å². The van der Waals surface area contributed by atoms with Crippen LogP contribution in [-0.2, 0) is 16.6 Å². The first-order valence-electron chi connectivity index (χ1n) is 12.5. The van der Waals surface area contributed by atoms with E-state index in [9.17, 15) is 8.42 Å². The number of hydrogen-bond donors (Lipinski definition) is 1. The molecule has 8 heteroatoms. The van der Waals surface area contributed by atoms with E-state index in [1.807, 2.05) is 30.3 Å². The van der Waals surface area contributed by atoms with Gasteiger partial charge in [0.25, 0.3) is 0 Å². The minimum Gasteiger partial charge on any atom is -0.455 e. The summed E-state index contributed by atoms with van der Waals surface area (Å²) in [5.41, 5.74) is 3.00. The fourth-order valence-corrected chi connectivity index (χ4v) is 8.47. The molecule has 196 valence electrons. The Labute approximate surface area is 224 Å². The molecule has 0 aliphatic rings. The van der Waals surface area contributed by atoms with Crippen LogP contribution >= 0.6 is 7.28 Å². The third-order valence-electron chi connectivity index (χ3n) is 6.73. The van der Waals surface area contributed by atoms with Crippen LogP contribution < -0.4 is 15.0 Å². The van der Waals surface area contributed by atoms with Gasteiger partial charge < -0.3 is 9.09 Å². The first kappa shape index (κ1) is 26.2. The second kappa shape index (κ2) is 9.73. The van der Waals surface area contributed by atoms with Crippen molar-refractivity contribution in [3.05, 3.63) is 97.1 Å². The molecule has 2 N–H and O–H groups in total. The van der Waals surface area contributed by atoms with E-state index >= 15 is 0 Å². The van der Waals surface area contributed by atoms with Crippen molar-refractivity contribution >= 4 is 50.1 Å². The van der Waals surface area contributed by atoms with Crippen LogP contribution in [0.2, 0.25) is 0 Å². The molecule has 0 aliphatic heterocycles. The molecule has 0 spiro atoms. The van der Waals surface area contributed by atoms with Gasteiger partial charge in [-0.3, -0.25) is 0 Å². The number of hydrogen-bond acceptors (Lipinski definition) is 4. The van der Waals surface area contributed by atoms with Gasteiger partial charge in [0.2, 0.25) is 10.0 Å². The summed E-state index contributed by atoms with van der Waals surface area (Å²) in [6, 6.07) is 31.1. The molecule has 0 bridgehead atoms. The number of aromatic nitrogens is 1. The smallest absolute Gasteiger partial charge is 0.238 e. The van der Waals surface area contributed by atoms with Crippen molar-refractivity contribution in [1.29, 1.82) is 0 Å². The zero-order valence-corrected chi connectivity index (χ0v) is 23.7. The first-order valence-corrected chi connectivity index (χ1v) is 15.8. The maximum Gasteiger partial charge on any atom is 0.238 e. The van der Waals surface area contributed by atoms with Gasteiger partial charge in [0, 0.05) is 38.8 Å². The highest BCUT2D eigenvalue weighted by molar-refractivity contribution is 7.89. The summed E-state index contributed by atoms with van der Waals surface area (Å²) in [5, 5.41) is 8.30. The van der Waals surface area contributed by atoms with Crippen molar-refractivity contribution in [2.45, 2.75) is 44.3 Å². The van der Waals surface area contributed by atoms with Gasteiger partial charge in [0.05, 0.1) is 10.6 Å². The molecule has 4 aromatic carbocycles. The second-order valence-corrected chi connectivity index (χ2v) is 15.2. The maximum atomic E-state index is 11.8. The van der Waals surface area contributed by atoms with Crippen LogP contribution in [0.5, 0.6) is 5.75 Å². The van der Waals surface area contributed by atoms with Crippen molar-refractivity contribution in [3.8, 4) is 5.75 Å². The summed E-state index contributed by atoms with van der Waals surface area (Å²) in [6.45, 7) is 9.46. The standard InChI is InChI=1S/C30H32N3O3PS/c1-5-33-28-14-10-9-13-26(28)27-21-24(17-20-29(27)33)37(30(2,3)4,36-23-11-7-6-8-12-23)32-22-15-18-25(19-16-22)38(31,34)35/h6-21H,5H2,1-4H3,(H2,31,34,35)/t37-/m1/s1. The van der Waals surface area contributed by atoms with Crippen LogP contribution in [0.4, 0.5) is 5.69 Å². The van der Waals surface area contributed by atoms with E-state index < -0.39 is 22.5 Å². The third kappa shape index (κ3) is 4.66. The van der Waals surface area contributed by atoms with E-state index in [-0.39, 0.29) is 4.90 Å². The van der Waals surface area contributed by atoms with Crippen LogP contribution in [0.3, 0.4) is 0 Å². The molecule has 1 heterocycles. The molecule has 5 rings (SSSR count). The average molecular weight is 546 g/mol. The van der Waals surface area contributed by atoms with Crippen molar-refractivity contribution in [3.63, 3.8) is 0 Å². The molecular weight excluding hydrogens is 513 g/mol. The highest BCUT2D eigenvalue weighted by atomic mass is 32.2. The van der Waals surface area contributed by atoms with Crippen LogP contribution in [0.25, 0.3) is 21.8 Å². The lowest BCUT2D eigenvalue weighted by Crippen LogP contribution is -2.27. The van der Waals surface area contributed by atoms with Crippen LogP contribution in [0.15, 0.2) is 107 Å². The summed E-state index contributed by atoms with van der Waals surface area (Å²) >= 11 is 0. The molecule has 0 saturated heterocycles. The molecule has 1 aromatic heterocycles. The van der Waals surface area contributed by atoms with Gasteiger partial charge in [-0.25, -0.2) is 18.3 Å². The summed E-state index contributed by atoms with van der Waals surface area (Å²) < 4.78 is 38.3. The molecule has 0 amide bonds. The van der Waals surface area contributed by atoms with Gasteiger partial charge >= 0.3 is 0 Å². The van der Waals surface area contributed by atoms with Gasteiger partial charge in [0.15, 0.2) is 7.28 Å². The Morgan fingerprint density at radius 2 is 1.47 bits per heavy atom. The van der Waals surface area contributed by atoms with Gasteiger partial charge in [-0.2, -0.15) is 0 Å². The van der Waals surface area contributed by atoms with Crippen LogP contribution in [0, 0.1) is 0 Å². The molecular formula is C30H32N3O3PS. The van der Waals surface area contributed by atoms with Crippen molar-refractivity contribution < 1.29 is 12.9 Å². The van der Waals surface area contributed by atoms with Crippen LogP contribution in [0.1, 0.15) is 27.7 Å². The Hall–Kier alpha value is -3.38. The summed E-state index contributed by atoms with van der Waals surface area (Å²) in [4.78, 5) is 0.0499. The molecule has 38 heavy (non-hydrogen) atoms. The largest absolute Gasteiger partial charge is 0.455 e. The summed E-state index contributed by atoms with van der Waals surface area (Å²) in [7, 11) is -6.58. The van der Waals surface area contributed by atoms with E-state index in [2.05, 4.69) is 74.7 Å². The Balaban J connectivity index is 1.82. The third-order valence-corrected chi connectivity index (χ3v) is 11.4. The average Bonchev–Trinajstić information content (AvgIpc) is 3.21. The zero-order chi connectivity index (χ0) is 27.1. The monoisotopic (exact) mass is 545 g/mol. The molecule has 0 fully saturated rings. The van der Waals surface area contributed by atoms with Crippen molar-refractivity contribution in [1.82, 2.24) is 4.57 Å². The summed E-state index contributed by atoms with van der Waals surface area (Å²) in [5.74, 6) is 0.733. The molecule has 0 radical (unpaired) electrons. The Morgan fingerprint density at radius 1 is 0.842 bits per heavy atom. The van der Waals surface area contributed by atoms with Gasteiger partial charge in [0.1, 0.15) is 5.75 Å². The predicted molar refractivity (Wildman–Crippen MR) is 158 cm³/mol. The molecule has 0 saturated carbocycles. The Kier molecular flexibility index (Phi) is 6.72. The lowest BCUT2D eigenvalue weighted by molar-refractivity contribution is 0.571. The Morgan fingerprint density at radius 3 is 2.11 bits per heavy atom. The lowest BCUT2D eigenvalue weighted by atomic mass is 10.1. The number of fused-ring (bicyclic) bond motifs is 3. The van der Waals surface area contributed by atoms with Gasteiger partial charge in [-0.1, -0.05) is 57.2 Å². The fraction of sp³-hybridized carbons (Fsp3) is 0.200. The summed E-state index contributed by atoms with van der Waals surface area (Å²) in [6.07, 6.45) is 0. The predicted octanol–water partition coefficient (Wildman–Crippen LogP) is 7.41. The molecule has 0 unspecified atom stereocenters. The number of rotatable bonds is 6. The number of nitrogens with two attached hydrogens (primary N) is 1. The van der Waals surface area contributed by atoms with E-state index in [1.54, 1.807) is 12.1 Å². The highest BCUT2D eigenvalue weighted by Gasteiger charge is 2.39. The second-order valence-electron chi connectivity index (χ2n) is 10.3. The first-order chi connectivity index (χ1) is 18.0. The van der Waals surface area contributed by atoms with Gasteiger partial charge in [-0.05, 0) is 67.6 Å². The van der Waals surface area contributed by atoms with Gasteiger partial charge in [-0.15, -0.1) is 0 Å². The number of aryl methyl sites for hydroxylation is 1. The molecule has 0 aliphatic carbocycles. The quantitative estimate of drug-likeness (QED) is 0.225. The number of para-hydroxylation sites is 2. The molecule has 6 nitrogen and oxygen atoms in total. The Bertz CT molecular complexity index is 1790. The maximum absolute atomic E-state index is 11.8. The molecule has 5 aromatic rings. The fourth-order valence-electron chi connectivity index (χ4n) is 4.87. The topological polar surface area (TPSA) is 86.7 Å². The SMILES string of the molecule is CCn1c2ccccc2c2cc([P@@](=Nc3ccc(S(N)(=O)=O)cc3)(Oc3ccccc3)C(C)(C)C)ccc21. The van der Waals surface area contributed by atoms with Crippen molar-refractivity contribution in [2.24, 2.45) is 9.88 Å². The zero-order valence-electron chi connectivity index (χ0n) is 22.0. The number of nitrogens with zero attached hydrogens (tertiary/aromatic N) is 2. The molecule has 1 atom stereocenters. The number of primary sulfonamides is 1. The number of sulfonamides is 1. The minimum absolute atomic E-state index is 0.0499. The lowest BCUT2D eigenvalue weighted by Gasteiger charge is -2.37. The van der Waals surface area contributed by atoms with Crippen molar-refractivity contribution in [2.75, 3.05) is 0 Å². The van der Waals surface area contributed by atoms with E-state index in [4.69, 9.17) is 14.4 Å². The van der Waals surface area contributed by atoms with E-state index in [0.717, 1.165) is 23.0 Å². The highest BCUT2D eigenvalue weighted by Crippen LogP contribution is 2.62.